The van der Waals surface area contributed by atoms with Gasteiger partial charge >= 0.3 is 11.9 Å². The molecule has 0 amide bonds. The number of rotatable bonds is 16. The molecule has 4 aliphatic carbocycles. The van der Waals surface area contributed by atoms with Gasteiger partial charge in [-0.3, -0.25) is 9.59 Å². The van der Waals surface area contributed by atoms with Gasteiger partial charge in [0.1, 0.15) is 42.2 Å². The zero-order chi connectivity index (χ0) is 53.8. The van der Waals surface area contributed by atoms with Gasteiger partial charge in [-0.25, -0.2) is 0 Å². The van der Waals surface area contributed by atoms with Gasteiger partial charge in [0, 0.05) is 53.9 Å². The highest BCUT2D eigenvalue weighted by molar-refractivity contribution is 5.72. The average Bonchev–Trinajstić information content (AvgIpc) is 3.58. The summed E-state index contributed by atoms with van der Waals surface area (Å²) in [7, 11) is 4.82. The Hall–Kier alpha value is -1.66. The Bertz CT molecular complexity index is 1880. The molecular formula is C55H92O19. The predicted molar refractivity (Wildman–Crippen MR) is 264 cm³/mol. The van der Waals surface area contributed by atoms with E-state index in [0.717, 1.165) is 32.1 Å². The van der Waals surface area contributed by atoms with Crippen molar-refractivity contribution in [2.24, 2.45) is 34.5 Å². The molecule has 4 N–H and O–H groups in total. The lowest BCUT2D eigenvalue weighted by molar-refractivity contribution is -0.347. The lowest BCUT2D eigenvalue weighted by Gasteiger charge is -2.66. The van der Waals surface area contributed by atoms with Crippen molar-refractivity contribution in [1.29, 1.82) is 0 Å². The van der Waals surface area contributed by atoms with Crippen molar-refractivity contribution >= 4 is 11.9 Å². The topological polar surface area (TPSA) is 235 Å². The highest BCUT2D eigenvalue weighted by Gasteiger charge is 2.77. The van der Waals surface area contributed by atoms with Crippen LogP contribution in [0.2, 0.25) is 0 Å². The lowest BCUT2D eigenvalue weighted by atomic mass is 9.42. The number of hydrogen-bond acceptors (Lipinski definition) is 19. The van der Waals surface area contributed by atoms with Gasteiger partial charge in [0.25, 0.3) is 0 Å². The summed E-state index contributed by atoms with van der Waals surface area (Å²) in [6.45, 7) is 18.4. The third-order valence-electron chi connectivity index (χ3n) is 20.1. The van der Waals surface area contributed by atoms with E-state index >= 15 is 0 Å². The normalized spacial score (nSPS) is 50.4. The third kappa shape index (κ3) is 10.9. The SMILES string of the molecule is CC[C@@H](C)C(=O)O[C@@H](C)[C@]1(O)CC[C@]2(O)[C@@H]3CC[C@H]4C[C@@H](O[C@@H]5C[C@H](O)[C@H](O[C@H]6C[C@H](OC)[C@H](O[C@H]7C[C@@H](OC)[C@H](O[C@H]8C[C@@H](OC)[C@H](O)[C@@H](C)O8)[C@@H](C)O7)[C@@H](C)O6)[C@@H](C)O5)CC[C@]4(C)[C@H]3C[C@@H](OC(C)=O)[C@]12C. The van der Waals surface area contributed by atoms with E-state index in [9.17, 15) is 30.0 Å². The first kappa shape index (κ1) is 58.5. The second-order valence-corrected chi connectivity index (χ2v) is 24.0. The Morgan fingerprint density at radius 1 is 0.635 bits per heavy atom. The summed E-state index contributed by atoms with van der Waals surface area (Å²) in [5.74, 6) is -1.11. The van der Waals surface area contributed by atoms with E-state index in [0.29, 0.717) is 38.5 Å². The van der Waals surface area contributed by atoms with Crippen molar-refractivity contribution in [1.82, 2.24) is 0 Å². The summed E-state index contributed by atoms with van der Waals surface area (Å²) < 4.78 is 80.8. The fraction of sp³-hybridized carbons (Fsp3) is 0.964. The minimum atomic E-state index is -1.62. The molecule has 0 aromatic rings. The molecule has 8 rings (SSSR count). The first-order valence-electron chi connectivity index (χ1n) is 28.0. The smallest absolute Gasteiger partial charge is 0.309 e. The minimum absolute atomic E-state index is 0.00849. The zero-order valence-electron chi connectivity index (χ0n) is 46.4. The maximum atomic E-state index is 13.1. The van der Waals surface area contributed by atoms with Crippen LogP contribution in [-0.4, -0.2) is 182 Å². The molecule has 19 heteroatoms. The van der Waals surface area contributed by atoms with Gasteiger partial charge in [-0.05, 0) is 116 Å². The molecule has 4 saturated carbocycles. The number of aliphatic hydroxyl groups is 4. The van der Waals surface area contributed by atoms with Crippen LogP contribution in [0.4, 0.5) is 0 Å². The lowest BCUT2D eigenvalue weighted by Crippen LogP contribution is -2.72. The second kappa shape index (κ2) is 23.2. The van der Waals surface area contributed by atoms with Gasteiger partial charge in [0.15, 0.2) is 25.2 Å². The number of hydrogen-bond donors (Lipinski definition) is 4. The Labute approximate surface area is 438 Å². The summed E-state index contributed by atoms with van der Waals surface area (Å²) in [6, 6.07) is 0. The minimum Gasteiger partial charge on any atom is -0.462 e. The summed E-state index contributed by atoms with van der Waals surface area (Å²) in [6.07, 6.45) is -4.00. The maximum absolute atomic E-state index is 13.1. The standard InChI is InChI=1S/C55H92O19/c1-14-27(2)51(59)69-32(7)54(60)19-20-55(61)36-16-15-34-21-35(17-18-52(34,9)37(36)22-42(53(54,55)10)70-33(8)56)71-43-23-38(57)48(29(4)66-43)72-45-25-40(63-12)50(30(5)67-45)74-46-26-41(64-13)49(31(6)68-46)73-44-24-39(62-11)47(58)28(3)65-44/h27-32,34-50,57-58,60-61H,14-26H2,1-13H3/t27-,28-,29-,30-,31-,32+,34+,35+,36-,37+,38+,39-,40+,41-,42-,43-,44+,45+,46+,47-,48-,49-,50-,52+,53-,54-,55+/m1/s1. The van der Waals surface area contributed by atoms with Crippen LogP contribution in [-0.2, 0) is 71.2 Å². The highest BCUT2D eigenvalue weighted by Crippen LogP contribution is 2.71. The number of carbonyl (C=O) groups excluding carboxylic acids is 2. The number of aliphatic hydroxyl groups excluding tert-OH is 2. The van der Waals surface area contributed by atoms with Gasteiger partial charge in [-0.15, -0.1) is 0 Å². The molecule has 0 spiro atoms. The Morgan fingerprint density at radius 3 is 1.70 bits per heavy atom. The molecule has 4 heterocycles. The summed E-state index contributed by atoms with van der Waals surface area (Å²) >= 11 is 0. The molecule has 4 aliphatic heterocycles. The number of methoxy groups -OCH3 is 3. The fourth-order valence-corrected chi connectivity index (χ4v) is 15.3. The van der Waals surface area contributed by atoms with Crippen molar-refractivity contribution in [3.63, 3.8) is 0 Å². The van der Waals surface area contributed by atoms with Crippen molar-refractivity contribution in [2.75, 3.05) is 21.3 Å². The van der Waals surface area contributed by atoms with Gasteiger partial charge in [0.05, 0.1) is 71.9 Å². The first-order chi connectivity index (χ1) is 34.9. The number of carbonyl (C=O) groups is 2. The quantitative estimate of drug-likeness (QED) is 0.114. The van der Waals surface area contributed by atoms with E-state index in [1.54, 1.807) is 42.1 Å². The molecule has 0 aromatic heterocycles. The van der Waals surface area contributed by atoms with Crippen LogP contribution in [0.15, 0.2) is 0 Å². The van der Waals surface area contributed by atoms with Gasteiger partial charge in [0.2, 0.25) is 0 Å². The molecule has 4 saturated heterocycles. The first-order valence-corrected chi connectivity index (χ1v) is 28.0. The number of fused-ring (bicyclic) bond motifs is 5. The molecule has 0 unspecified atom stereocenters. The predicted octanol–water partition coefficient (Wildman–Crippen LogP) is 5.24. The Morgan fingerprint density at radius 2 is 1.16 bits per heavy atom. The molecular weight excluding hydrogens is 965 g/mol. The molecule has 19 nitrogen and oxygen atoms in total. The molecule has 0 radical (unpaired) electrons. The van der Waals surface area contributed by atoms with Gasteiger partial charge in [-0.1, -0.05) is 27.7 Å². The van der Waals surface area contributed by atoms with Crippen LogP contribution in [0.3, 0.4) is 0 Å². The van der Waals surface area contributed by atoms with Crippen LogP contribution in [0.25, 0.3) is 0 Å². The molecule has 426 valence electrons. The molecule has 0 aromatic carbocycles. The Balaban J connectivity index is 0.837. The summed E-state index contributed by atoms with van der Waals surface area (Å²) in [4.78, 5) is 25.8. The largest absolute Gasteiger partial charge is 0.462 e. The van der Waals surface area contributed by atoms with E-state index in [1.165, 1.54) is 6.92 Å². The van der Waals surface area contributed by atoms with Gasteiger partial charge in [-0.2, -0.15) is 0 Å². The van der Waals surface area contributed by atoms with E-state index in [-0.39, 0.29) is 54.1 Å². The van der Waals surface area contributed by atoms with E-state index < -0.39 is 133 Å². The monoisotopic (exact) mass is 1060 g/mol. The van der Waals surface area contributed by atoms with Crippen LogP contribution in [0, 0.1) is 34.5 Å². The summed E-state index contributed by atoms with van der Waals surface area (Å²) in [5.41, 5.74) is -4.47. The van der Waals surface area contributed by atoms with E-state index in [1.807, 2.05) is 34.6 Å². The maximum Gasteiger partial charge on any atom is 0.309 e. The highest BCUT2D eigenvalue weighted by atomic mass is 16.8. The molecule has 8 fully saturated rings. The average molecular weight is 1060 g/mol. The molecule has 0 bridgehead atoms. The van der Waals surface area contributed by atoms with Crippen molar-refractivity contribution in [3.05, 3.63) is 0 Å². The van der Waals surface area contributed by atoms with Crippen LogP contribution in [0.5, 0.6) is 0 Å². The molecule has 74 heavy (non-hydrogen) atoms. The van der Waals surface area contributed by atoms with E-state index in [4.69, 9.17) is 61.6 Å². The van der Waals surface area contributed by atoms with Crippen molar-refractivity contribution in [3.8, 4) is 0 Å². The van der Waals surface area contributed by atoms with E-state index in [2.05, 4.69) is 6.92 Å². The number of esters is 2. The number of ether oxygens (including phenoxy) is 13. The Kier molecular flexibility index (Phi) is 18.3. The molecule has 27 atom stereocenters. The summed E-state index contributed by atoms with van der Waals surface area (Å²) in [5, 5.41) is 47.8. The van der Waals surface area contributed by atoms with Gasteiger partial charge < -0.3 is 82.0 Å². The zero-order valence-corrected chi connectivity index (χ0v) is 46.4. The van der Waals surface area contributed by atoms with Crippen molar-refractivity contribution < 1.29 is 91.6 Å². The fourth-order valence-electron chi connectivity index (χ4n) is 15.3. The van der Waals surface area contributed by atoms with Crippen LogP contribution in [0.1, 0.15) is 153 Å². The van der Waals surface area contributed by atoms with Crippen molar-refractivity contribution in [2.45, 2.75) is 281 Å². The molecule has 8 aliphatic rings. The van der Waals surface area contributed by atoms with Crippen LogP contribution < -0.4 is 0 Å². The third-order valence-corrected chi connectivity index (χ3v) is 20.1. The van der Waals surface area contributed by atoms with Crippen LogP contribution >= 0.6 is 0 Å². The second-order valence-electron chi connectivity index (χ2n) is 24.0.